The van der Waals surface area contributed by atoms with Crippen LogP contribution >= 0.6 is 0 Å². The first-order valence-electron chi connectivity index (χ1n) is 4.82. The average molecular weight is 208 g/mol. The van der Waals surface area contributed by atoms with E-state index in [1.807, 2.05) is 0 Å². The maximum atomic E-state index is 12.6. The van der Waals surface area contributed by atoms with Crippen LogP contribution in [0.3, 0.4) is 0 Å². The fraction of sp³-hybridized carbons (Fsp3) is 0.333. The number of hydrogen-bond acceptors (Lipinski definition) is 2. The van der Waals surface area contributed by atoms with Gasteiger partial charge in [0.25, 0.3) is 0 Å². The number of rotatable bonds is 4. The summed E-state index contributed by atoms with van der Waals surface area (Å²) in [6.45, 7) is 3.50. The second kappa shape index (κ2) is 4.82. The first kappa shape index (κ1) is 11.6. The van der Waals surface area contributed by atoms with E-state index in [0.717, 1.165) is 0 Å². The zero-order chi connectivity index (χ0) is 11.4. The molecule has 15 heavy (non-hydrogen) atoms. The molecule has 0 spiro atoms. The molecule has 0 saturated heterocycles. The standard InChI is InChI=1S/C12H13FO2/c1-8(2)11(14)7-12(15)9-3-5-10(13)6-4-9/h3-6,8H,7H2,1-2H3. The number of halogens is 1. The molecule has 0 aromatic heterocycles. The van der Waals surface area contributed by atoms with Crippen LogP contribution in [0.5, 0.6) is 0 Å². The fourth-order valence-electron chi connectivity index (χ4n) is 1.10. The van der Waals surface area contributed by atoms with Gasteiger partial charge in [0.1, 0.15) is 11.6 Å². The molecule has 1 aromatic carbocycles. The smallest absolute Gasteiger partial charge is 0.170 e. The van der Waals surface area contributed by atoms with E-state index >= 15 is 0 Å². The first-order valence-corrected chi connectivity index (χ1v) is 4.82. The minimum Gasteiger partial charge on any atom is -0.299 e. The summed E-state index contributed by atoms with van der Waals surface area (Å²) in [6.07, 6.45) is -0.108. The first-order chi connectivity index (χ1) is 7.00. The van der Waals surface area contributed by atoms with Crippen LogP contribution in [0.2, 0.25) is 0 Å². The SMILES string of the molecule is CC(C)C(=O)CC(=O)c1ccc(F)cc1. The van der Waals surface area contributed by atoms with Crippen LogP contribution in [-0.2, 0) is 4.79 Å². The highest BCUT2D eigenvalue weighted by Gasteiger charge is 2.14. The molecule has 1 rings (SSSR count). The van der Waals surface area contributed by atoms with Crippen LogP contribution in [0, 0.1) is 11.7 Å². The second-order valence-corrected chi connectivity index (χ2v) is 3.73. The molecule has 0 saturated carbocycles. The zero-order valence-electron chi connectivity index (χ0n) is 8.79. The molecule has 0 aliphatic rings. The van der Waals surface area contributed by atoms with Crippen LogP contribution in [-0.4, -0.2) is 11.6 Å². The lowest BCUT2D eigenvalue weighted by Gasteiger charge is -2.03. The summed E-state index contributed by atoms with van der Waals surface area (Å²) in [5.41, 5.74) is 0.380. The molecule has 0 amide bonds. The highest BCUT2D eigenvalue weighted by atomic mass is 19.1. The molecule has 0 bridgehead atoms. The number of Topliss-reactive ketones (excluding diaryl/α,β-unsaturated/α-hetero) is 2. The molecule has 0 aliphatic heterocycles. The van der Waals surface area contributed by atoms with E-state index in [4.69, 9.17) is 0 Å². The van der Waals surface area contributed by atoms with Gasteiger partial charge in [-0.3, -0.25) is 9.59 Å². The normalized spacial score (nSPS) is 10.4. The number of ketones is 2. The van der Waals surface area contributed by atoms with E-state index in [2.05, 4.69) is 0 Å². The van der Waals surface area contributed by atoms with Gasteiger partial charge in [0, 0.05) is 11.5 Å². The van der Waals surface area contributed by atoms with Crippen molar-refractivity contribution in [2.75, 3.05) is 0 Å². The summed E-state index contributed by atoms with van der Waals surface area (Å²) in [7, 11) is 0. The van der Waals surface area contributed by atoms with Crippen molar-refractivity contribution in [3.8, 4) is 0 Å². The predicted octanol–water partition coefficient (Wildman–Crippen LogP) is 2.62. The van der Waals surface area contributed by atoms with E-state index in [9.17, 15) is 14.0 Å². The third-order valence-electron chi connectivity index (χ3n) is 2.14. The molecular formula is C12H13FO2. The van der Waals surface area contributed by atoms with Gasteiger partial charge in [-0.2, -0.15) is 0 Å². The van der Waals surface area contributed by atoms with E-state index in [-0.39, 0.29) is 29.7 Å². The van der Waals surface area contributed by atoms with Crippen LogP contribution in [0.4, 0.5) is 4.39 Å². The van der Waals surface area contributed by atoms with Crippen LogP contribution < -0.4 is 0 Å². The van der Waals surface area contributed by atoms with Crippen molar-refractivity contribution < 1.29 is 14.0 Å². The summed E-state index contributed by atoms with van der Waals surface area (Å²) in [5.74, 6) is -0.880. The van der Waals surface area contributed by atoms with Gasteiger partial charge in [0.15, 0.2) is 5.78 Å². The van der Waals surface area contributed by atoms with Crippen molar-refractivity contribution in [3.63, 3.8) is 0 Å². The van der Waals surface area contributed by atoms with Gasteiger partial charge in [-0.1, -0.05) is 13.8 Å². The van der Waals surface area contributed by atoms with Crippen molar-refractivity contribution >= 4 is 11.6 Å². The highest BCUT2D eigenvalue weighted by Crippen LogP contribution is 2.08. The Labute approximate surface area is 88.1 Å². The maximum absolute atomic E-state index is 12.6. The van der Waals surface area contributed by atoms with Crippen molar-refractivity contribution in [1.29, 1.82) is 0 Å². The summed E-state index contributed by atoms with van der Waals surface area (Å²) >= 11 is 0. The molecule has 0 aliphatic carbocycles. The Balaban J connectivity index is 2.69. The van der Waals surface area contributed by atoms with Crippen molar-refractivity contribution in [3.05, 3.63) is 35.6 Å². The van der Waals surface area contributed by atoms with Gasteiger partial charge in [-0.25, -0.2) is 4.39 Å². The Morgan fingerprint density at radius 2 is 1.73 bits per heavy atom. The largest absolute Gasteiger partial charge is 0.299 e. The van der Waals surface area contributed by atoms with E-state index in [1.54, 1.807) is 13.8 Å². The molecule has 0 N–H and O–H groups in total. The van der Waals surface area contributed by atoms with Gasteiger partial charge >= 0.3 is 0 Å². The van der Waals surface area contributed by atoms with Gasteiger partial charge in [0.2, 0.25) is 0 Å². The minimum absolute atomic E-state index is 0.0932. The van der Waals surface area contributed by atoms with Gasteiger partial charge in [-0.05, 0) is 24.3 Å². The van der Waals surface area contributed by atoms with Crippen molar-refractivity contribution in [2.24, 2.45) is 5.92 Å². The predicted molar refractivity (Wildman–Crippen MR) is 55.2 cm³/mol. The average Bonchev–Trinajstić information content (AvgIpc) is 2.18. The number of hydrogen-bond donors (Lipinski definition) is 0. The van der Waals surface area contributed by atoms with E-state index in [0.29, 0.717) is 5.56 Å². The molecule has 0 radical (unpaired) electrons. The summed E-state index contributed by atoms with van der Waals surface area (Å²) in [4.78, 5) is 22.8. The Hall–Kier alpha value is -1.51. The Kier molecular flexibility index (Phi) is 3.72. The third kappa shape index (κ3) is 3.27. The summed E-state index contributed by atoms with van der Waals surface area (Å²) in [5, 5.41) is 0. The van der Waals surface area contributed by atoms with Crippen LogP contribution in [0.25, 0.3) is 0 Å². The number of benzene rings is 1. The number of carbonyl (C=O) groups is 2. The molecule has 0 unspecified atom stereocenters. The minimum atomic E-state index is -0.387. The lowest BCUT2D eigenvalue weighted by Crippen LogP contribution is -2.13. The molecular weight excluding hydrogens is 195 g/mol. The fourth-order valence-corrected chi connectivity index (χ4v) is 1.10. The quantitative estimate of drug-likeness (QED) is 0.563. The van der Waals surface area contributed by atoms with E-state index < -0.39 is 0 Å². The lowest BCUT2D eigenvalue weighted by atomic mass is 10.00. The second-order valence-electron chi connectivity index (χ2n) is 3.73. The van der Waals surface area contributed by atoms with Crippen LogP contribution in [0.1, 0.15) is 30.6 Å². The Morgan fingerprint density at radius 3 is 2.20 bits per heavy atom. The summed E-state index contributed by atoms with van der Waals surface area (Å²) < 4.78 is 12.6. The summed E-state index contributed by atoms with van der Waals surface area (Å²) in [6, 6.07) is 5.22. The van der Waals surface area contributed by atoms with Gasteiger partial charge < -0.3 is 0 Å². The molecule has 80 valence electrons. The Bertz CT molecular complexity index is 366. The lowest BCUT2D eigenvalue weighted by molar-refractivity contribution is -0.121. The van der Waals surface area contributed by atoms with Gasteiger partial charge in [-0.15, -0.1) is 0 Å². The molecule has 3 heteroatoms. The van der Waals surface area contributed by atoms with Crippen molar-refractivity contribution in [1.82, 2.24) is 0 Å². The molecule has 0 fully saturated rings. The maximum Gasteiger partial charge on any atom is 0.170 e. The zero-order valence-corrected chi connectivity index (χ0v) is 8.79. The van der Waals surface area contributed by atoms with Crippen LogP contribution in [0.15, 0.2) is 24.3 Å². The van der Waals surface area contributed by atoms with Crippen molar-refractivity contribution in [2.45, 2.75) is 20.3 Å². The van der Waals surface area contributed by atoms with Gasteiger partial charge in [0.05, 0.1) is 6.42 Å². The molecule has 1 aromatic rings. The molecule has 0 atom stereocenters. The monoisotopic (exact) mass is 208 g/mol. The topological polar surface area (TPSA) is 34.1 Å². The van der Waals surface area contributed by atoms with E-state index in [1.165, 1.54) is 24.3 Å². The molecule has 2 nitrogen and oxygen atoms in total. The Morgan fingerprint density at radius 1 is 1.20 bits per heavy atom. The number of carbonyl (C=O) groups excluding carboxylic acids is 2. The molecule has 0 heterocycles. The highest BCUT2D eigenvalue weighted by molar-refractivity contribution is 6.08. The third-order valence-corrected chi connectivity index (χ3v) is 2.14.